The van der Waals surface area contributed by atoms with Crippen molar-refractivity contribution in [1.82, 2.24) is 9.97 Å². The highest BCUT2D eigenvalue weighted by Gasteiger charge is 2.31. The summed E-state index contributed by atoms with van der Waals surface area (Å²) in [6.45, 7) is 0. The molecule has 8 heteroatoms. The summed E-state index contributed by atoms with van der Waals surface area (Å²) in [6.07, 6.45) is -4.77. The number of fused-ring (bicyclic) bond motifs is 1. The second-order valence-electron chi connectivity index (χ2n) is 4.53. The summed E-state index contributed by atoms with van der Waals surface area (Å²) in [7, 11) is 0. The van der Waals surface area contributed by atoms with Crippen molar-refractivity contribution >= 4 is 22.6 Å². The van der Waals surface area contributed by atoms with E-state index in [0.29, 0.717) is 22.2 Å². The van der Waals surface area contributed by atoms with Gasteiger partial charge in [0.1, 0.15) is 5.75 Å². The molecule has 2 aromatic carbocycles. The number of aromatic amines is 2. The van der Waals surface area contributed by atoms with E-state index in [0.717, 1.165) is 6.07 Å². The van der Waals surface area contributed by atoms with Gasteiger partial charge in [-0.15, -0.1) is 13.2 Å². The largest absolute Gasteiger partial charge is 0.573 e. The molecule has 22 heavy (non-hydrogen) atoms. The van der Waals surface area contributed by atoms with Crippen LogP contribution in [-0.2, 0) is 0 Å². The summed E-state index contributed by atoms with van der Waals surface area (Å²) >= 11 is 6.02. The van der Waals surface area contributed by atoms with Gasteiger partial charge in [0.05, 0.1) is 16.1 Å². The number of benzene rings is 2. The summed E-state index contributed by atoms with van der Waals surface area (Å²) in [6, 6.07) is 8.76. The number of imidazole rings is 1. The van der Waals surface area contributed by atoms with E-state index in [1.54, 1.807) is 18.2 Å². The van der Waals surface area contributed by atoms with E-state index in [-0.39, 0.29) is 10.7 Å². The number of hydrogen-bond acceptors (Lipinski definition) is 2. The van der Waals surface area contributed by atoms with Gasteiger partial charge in [0.25, 0.3) is 0 Å². The van der Waals surface area contributed by atoms with E-state index in [9.17, 15) is 18.0 Å². The van der Waals surface area contributed by atoms with Gasteiger partial charge >= 0.3 is 12.1 Å². The van der Waals surface area contributed by atoms with Gasteiger partial charge in [0.15, 0.2) is 0 Å². The predicted octanol–water partition coefficient (Wildman–Crippen LogP) is 4.08. The highest BCUT2D eigenvalue weighted by atomic mass is 35.5. The molecule has 0 aliphatic heterocycles. The second-order valence-corrected chi connectivity index (χ2v) is 4.94. The quantitative estimate of drug-likeness (QED) is 0.745. The van der Waals surface area contributed by atoms with E-state index in [1.165, 1.54) is 12.1 Å². The molecule has 0 bridgehead atoms. The molecule has 0 aliphatic rings. The van der Waals surface area contributed by atoms with Crippen molar-refractivity contribution in [3.63, 3.8) is 0 Å². The first-order valence-corrected chi connectivity index (χ1v) is 6.47. The number of aromatic nitrogens is 2. The average molecular weight is 329 g/mol. The van der Waals surface area contributed by atoms with Crippen LogP contribution in [0.3, 0.4) is 0 Å². The number of rotatable bonds is 2. The smallest absolute Gasteiger partial charge is 0.406 e. The number of ether oxygens (including phenoxy) is 1. The Morgan fingerprint density at radius 2 is 1.73 bits per heavy atom. The molecule has 0 radical (unpaired) electrons. The van der Waals surface area contributed by atoms with Crippen LogP contribution < -0.4 is 10.4 Å². The zero-order valence-corrected chi connectivity index (χ0v) is 11.5. The van der Waals surface area contributed by atoms with Crippen LogP contribution in [0, 0.1) is 0 Å². The summed E-state index contributed by atoms with van der Waals surface area (Å²) in [4.78, 5) is 16.4. The topological polar surface area (TPSA) is 57.9 Å². The molecule has 0 saturated carbocycles. The van der Waals surface area contributed by atoms with Crippen LogP contribution in [0.2, 0.25) is 5.02 Å². The van der Waals surface area contributed by atoms with Crippen LogP contribution in [0.1, 0.15) is 0 Å². The molecule has 0 fully saturated rings. The fourth-order valence-corrected chi connectivity index (χ4v) is 2.41. The third-order valence-corrected chi connectivity index (χ3v) is 3.31. The van der Waals surface area contributed by atoms with Crippen molar-refractivity contribution in [1.29, 1.82) is 0 Å². The Labute approximate surface area is 126 Å². The van der Waals surface area contributed by atoms with Crippen LogP contribution in [0.5, 0.6) is 5.75 Å². The summed E-state index contributed by atoms with van der Waals surface area (Å²) in [5.74, 6) is -0.391. The molecule has 0 saturated heterocycles. The standard InChI is InChI=1S/C14H8ClF3N2O2/c15-10-6-8(22-14(16,17)18)2-3-9(10)7-1-4-11-12(5-7)20-13(21)19-11/h1-6H,(H2,19,20,21). The Kier molecular flexibility index (Phi) is 3.37. The third-order valence-electron chi connectivity index (χ3n) is 3.00. The maximum absolute atomic E-state index is 12.2. The van der Waals surface area contributed by atoms with E-state index in [4.69, 9.17) is 11.6 Å². The highest BCUT2D eigenvalue weighted by Crippen LogP contribution is 2.33. The molecule has 0 aliphatic carbocycles. The number of H-pyrrole nitrogens is 2. The summed E-state index contributed by atoms with van der Waals surface area (Å²) in [5, 5.41) is 0.110. The zero-order chi connectivity index (χ0) is 15.9. The minimum absolute atomic E-state index is 0.110. The maximum atomic E-state index is 12.2. The molecule has 4 nitrogen and oxygen atoms in total. The normalized spacial score (nSPS) is 11.8. The van der Waals surface area contributed by atoms with Crippen LogP contribution in [0.4, 0.5) is 13.2 Å². The molecular formula is C14H8ClF3N2O2. The van der Waals surface area contributed by atoms with Crippen molar-refractivity contribution in [3.05, 3.63) is 51.9 Å². The van der Waals surface area contributed by atoms with Crippen molar-refractivity contribution in [2.75, 3.05) is 0 Å². The lowest BCUT2D eigenvalue weighted by molar-refractivity contribution is -0.274. The summed E-state index contributed by atoms with van der Waals surface area (Å²) < 4.78 is 40.3. The number of nitrogens with one attached hydrogen (secondary N) is 2. The van der Waals surface area contributed by atoms with Crippen LogP contribution in [0.25, 0.3) is 22.2 Å². The molecule has 3 aromatic rings. The van der Waals surface area contributed by atoms with E-state index < -0.39 is 12.1 Å². The molecule has 0 atom stereocenters. The first-order chi connectivity index (χ1) is 10.3. The Balaban J connectivity index is 2.01. The molecule has 0 amide bonds. The lowest BCUT2D eigenvalue weighted by Crippen LogP contribution is -2.17. The molecule has 1 heterocycles. The lowest BCUT2D eigenvalue weighted by Gasteiger charge is -2.11. The molecule has 0 unspecified atom stereocenters. The molecule has 1 aromatic heterocycles. The van der Waals surface area contributed by atoms with E-state index in [2.05, 4.69) is 14.7 Å². The predicted molar refractivity (Wildman–Crippen MR) is 76.0 cm³/mol. The van der Waals surface area contributed by atoms with E-state index in [1.807, 2.05) is 0 Å². The van der Waals surface area contributed by atoms with Crippen LogP contribution >= 0.6 is 11.6 Å². The second kappa shape index (κ2) is 5.10. The van der Waals surface area contributed by atoms with Gasteiger partial charge in [-0.2, -0.15) is 0 Å². The van der Waals surface area contributed by atoms with Crippen LogP contribution in [-0.4, -0.2) is 16.3 Å². The van der Waals surface area contributed by atoms with Crippen molar-refractivity contribution in [3.8, 4) is 16.9 Å². The Bertz CT molecular complexity index is 899. The van der Waals surface area contributed by atoms with E-state index >= 15 is 0 Å². The lowest BCUT2D eigenvalue weighted by atomic mass is 10.0. The Morgan fingerprint density at radius 1 is 1.00 bits per heavy atom. The average Bonchev–Trinajstić information content (AvgIpc) is 2.76. The molecule has 0 spiro atoms. The molecule has 2 N–H and O–H groups in total. The maximum Gasteiger partial charge on any atom is 0.573 e. The third kappa shape index (κ3) is 2.94. The fraction of sp³-hybridized carbons (Fsp3) is 0.0714. The Morgan fingerprint density at radius 3 is 2.41 bits per heavy atom. The van der Waals surface area contributed by atoms with Crippen molar-refractivity contribution in [2.45, 2.75) is 6.36 Å². The van der Waals surface area contributed by atoms with Gasteiger partial charge in [-0.05, 0) is 35.9 Å². The number of halogens is 4. The first kappa shape index (κ1) is 14.5. The Hall–Kier alpha value is -2.41. The SMILES string of the molecule is O=c1[nH]c2ccc(-c3ccc(OC(F)(F)F)cc3Cl)cc2[nH]1. The molecule has 114 valence electrons. The minimum Gasteiger partial charge on any atom is -0.406 e. The van der Waals surface area contributed by atoms with Gasteiger partial charge in [-0.25, -0.2) is 4.79 Å². The minimum atomic E-state index is -4.77. The van der Waals surface area contributed by atoms with Gasteiger partial charge in [-0.3, -0.25) is 0 Å². The fourth-order valence-electron chi connectivity index (χ4n) is 2.13. The highest BCUT2D eigenvalue weighted by molar-refractivity contribution is 6.33. The van der Waals surface area contributed by atoms with Gasteiger partial charge in [-0.1, -0.05) is 17.7 Å². The molecule has 3 rings (SSSR count). The van der Waals surface area contributed by atoms with Gasteiger partial charge < -0.3 is 14.7 Å². The zero-order valence-electron chi connectivity index (χ0n) is 10.8. The van der Waals surface area contributed by atoms with Crippen molar-refractivity contribution in [2.24, 2.45) is 0 Å². The summed E-state index contributed by atoms with van der Waals surface area (Å²) in [5.41, 5.74) is 2.05. The van der Waals surface area contributed by atoms with Gasteiger partial charge in [0.2, 0.25) is 0 Å². The molecular weight excluding hydrogens is 321 g/mol. The van der Waals surface area contributed by atoms with Crippen LogP contribution in [0.15, 0.2) is 41.2 Å². The monoisotopic (exact) mass is 328 g/mol. The number of hydrogen-bond donors (Lipinski definition) is 2. The van der Waals surface area contributed by atoms with Crippen molar-refractivity contribution < 1.29 is 17.9 Å². The first-order valence-electron chi connectivity index (χ1n) is 6.09. The van der Waals surface area contributed by atoms with Gasteiger partial charge in [0, 0.05) is 5.56 Å². The number of alkyl halides is 3.